The largest absolute Gasteiger partial charge is 0.478 e. The first kappa shape index (κ1) is 22.9. The van der Waals surface area contributed by atoms with Crippen LogP contribution in [0, 0.1) is 21.4 Å². The van der Waals surface area contributed by atoms with Crippen LogP contribution >= 0.6 is 0 Å². The van der Waals surface area contributed by atoms with E-state index in [-0.39, 0.29) is 22.5 Å². The number of anilines is 1. The number of nitrogens with zero attached hydrogens (tertiary/aromatic N) is 3. The summed E-state index contributed by atoms with van der Waals surface area (Å²) < 4.78 is 1.94. The Morgan fingerprint density at radius 2 is 1.83 bits per heavy atom. The van der Waals surface area contributed by atoms with Gasteiger partial charge in [-0.2, -0.15) is 5.26 Å². The van der Waals surface area contributed by atoms with E-state index in [4.69, 9.17) is 5.11 Å². The second kappa shape index (κ2) is 9.72. The van der Waals surface area contributed by atoms with Crippen LogP contribution in [0.4, 0.5) is 11.4 Å². The molecular formula is C26H18N4O5. The van der Waals surface area contributed by atoms with E-state index in [1.54, 1.807) is 12.1 Å². The van der Waals surface area contributed by atoms with E-state index in [9.17, 15) is 25.0 Å². The molecular weight excluding hydrogens is 448 g/mol. The van der Waals surface area contributed by atoms with Crippen molar-refractivity contribution in [2.45, 2.75) is 6.54 Å². The van der Waals surface area contributed by atoms with Crippen molar-refractivity contribution in [3.8, 4) is 6.07 Å². The molecule has 2 N–H and O–H groups in total. The smallest absolute Gasteiger partial charge is 0.335 e. The lowest BCUT2D eigenvalue weighted by molar-refractivity contribution is -0.384. The summed E-state index contributed by atoms with van der Waals surface area (Å²) in [7, 11) is 0. The Kier molecular flexibility index (Phi) is 6.37. The molecule has 1 amide bonds. The zero-order valence-corrected chi connectivity index (χ0v) is 18.2. The molecule has 172 valence electrons. The minimum absolute atomic E-state index is 0.00769. The third-order valence-corrected chi connectivity index (χ3v) is 5.35. The van der Waals surface area contributed by atoms with Gasteiger partial charge < -0.3 is 15.0 Å². The van der Waals surface area contributed by atoms with Gasteiger partial charge in [-0.25, -0.2) is 4.79 Å². The van der Waals surface area contributed by atoms with Crippen molar-refractivity contribution in [1.29, 1.82) is 5.26 Å². The van der Waals surface area contributed by atoms with Crippen molar-refractivity contribution < 1.29 is 19.6 Å². The zero-order valence-electron chi connectivity index (χ0n) is 18.2. The van der Waals surface area contributed by atoms with E-state index >= 15 is 0 Å². The molecule has 0 saturated heterocycles. The predicted octanol–water partition coefficient (Wildman–Crippen LogP) is 4.84. The Morgan fingerprint density at radius 3 is 2.51 bits per heavy atom. The predicted molar refractivity (Wildman–Crippen MR) is 130 cm³/mol. The molecule has 0 atom stereocenters. The number of rotatable bonds is 7. The third-order valence-electron chi connectivity index (χ3n) is 5.35. The van der Waals surface area contributed by atoms with Gasteiger partial charge in [0.2, 0.25) is 0 Å². The maximum absolute atomic E-state index is 12.7. The summed E-state index contributed by atoms with van der Waals surface area (Å²) in [6.07, 6.45) is 3.28. The average Bonchev–Trinajstić information content (AvgIpc) is 3.20. The van der Waals surface area contributed by atoms with Crippen LogP contribution in [0.5, 0.6) is 0 Å². The summed E-state index contributed by atoms with van der Waals surface area (Å²) in [5.41, 5.74) is 2.49. The molecule has 0 bridgehead atoms. The molecule has 0 fully saturated rings. The number of nitro groups is 1. The van der Waals surface area contributed by atoms with E-state index in [2.05, 4.69) is 5.32 Å². The third kappa shape index (κ3) is 5.07. The van der Waals surface area contributed by atoms with Gasteiger partial charge in [-0.3, -0.25) is 14.9 Å². The summed E-state index contributed by atoms with van der Waals surface area (Å²) in [5.74, 6) is -1.79. The van der Waals surface area contributed by atoms with Crippen LogP contribution in [-0.4, -0.2) is 26.5 Å². The highest BCUT2D eigenvalue weighted by Crippen LogP contribution is 2.25. The monoisotopic (exact) mass is 466 g/mol. The zero-order chi connectivity index (χ0) is 24.9. The first-order valence-corrected chi connectivity index (χ1v) is 10.4. The fourth-order valence-corrected chi connectivity index (χ4v) is 3.67. The van der Waals surface area contributed by atoms with Crippen LogP contribution in [0.15, 0.2) is 84.6 Å². The number of carboxylic acid groups (broad SMARTS) is 1. The highest BCUT2D eigenvalue weighted by Gasteiger charge is 2.14. The molecule has 0 aliphatic rings. The summed E-state index contributed by atoms with van der Waals surface area (Å²) in [6.45, 7) is 0.433. The number of hydrogen-bond donors (Lipinski definition) is 2. The van der Waals surface area contributed by atoms with E-state index in [1.807, 2.05) is 41.1 Å². The molecule has 4 rings (SSSR count). The molecule has 3 aromatic carbocycles. The number of para-hydroxylation sites is 1. The Bertz CT molecular complexity index is 1530. The second-order valence-electron chi connectivity index (χ2n) is 7.66. The van der Waals surface area contributed by atoms with Gasteiger partial charge in [0.25, 0.3) is 11.6 Å². The van der Waals surface area contributed by atoms with E-state index in [1.165, 1.54) is 42.5 Å². The van der Waals surface area contributed by atoms with E-state index in [0.29, 0.717) is 12.1 Å². The highest BCUT2D eigenvalue weighted by molar-refractivity contribution is 6.11. The Hall–Kier alpha value is -5.23. The van der Waals surface area contributed by atoms with Gasteiger partial charge in [-0.15, -0.1) is 0 Å². The number of fused-ring (bicyclic) bond motifs is 1. The number of benzene rings is 3. The van der Waals surface area contributed by atoms with Gasteiger partial charge in [-0.1, -0.05) is 36.4 Å². The number of nitro benzene ring substituents is 1. The molecule has 0 unspecified atom stereocenters. The van der Waals surface area contributed by atoms with Crippen LogP contribution < -0.4 is 5.32 Å². The lowest BCUT2D eigenvalue weighted by atomic mass is 10.1. The van der Waals surface area contributed by atoms with Gasteiger partial charge in [0.1, 0.15) is 11.6 Å². The van der Waals surface area contributed by atoms with Crippen LogP contribution in [0.25, 0.3) is 17.0 Å². The van der Waals surface area contributed by atoms with Crippen molar-refractivity contribution >= 4 is 40.2 Å². The second-order valence-corrected chi connectivity index (χ2v) is 7.66. The number of nitrogens with one attached hydrogen (secondary N) is 1. The first-order chi connectivity index (χ1) is 16.9. The minimum atomic E-state index is -1.13. The van der Waals surface area contributed by atoms with Gasteiger partial charge in [-0.05, 0) is 35.9 Å². The number of carbonyl (C=O) groups excluding carboxylic acids is 1. The van der Waals surface area contributed by atoms with Crippen molar-refractivity contribution in [3.05, 3.63) is 111 Å². The first-order valence-electron chi connectivity index (χ1n) is 10.4. The molecule has 1 heterocycles. The number of carbonyl (C=O) groups is 2. The van der Waals surface area contributed by atoms with E-state index < -0.39 is 16.8 Å². The molecule has 0 aliphatic heterocycles. The molecule has 0 spiro atoms. The SMILES string of the molecule is N#C/C(=C/c1cn(Cc2ccc([N+](=O)[O-])cc2)c2ccccc12)C(=O)Nc1cccc(C(=O)O)c1. The summed E-state index contributed by atoms with van der Waals surface area (Å²) >= 11 is 0. The van der Waals surface area contributed by atoms with Crippen LogP contribution in [0.3, 0.4) is 0 Å². The topological polar surface area (TPSA) is 138 Å². The fraction of sp³-hybridized carbons (Fsp3) is 0.0385. The number of nitriles is 1. The van der Waals surface area contributed by atoms with E-state index in [0.717, 1.165) is 16.5 Å². The molecule has 9 nitrogen and oxygen atoms in total. The van der Waals surface area contributed by atoms with Gasteiger partial charge >= 0.3 is 5.97 Å². The molecule has 0 radical (unpaired) electrons. The van der Waals surface area contributed by atoms with Crippen molar-refractivity contribution in [3.63, 3.8) is 0 Å². The summed E-state index contributed by atoms with van der Waals surface area (Å²) in [6, 6.07) is 21.4. The number of aromatic carboxylic acids is 1. The number of hydrogen-bond acceptors (Lipinski definition) is 5. The molecule has 9 heteroatoms. The minimum Gasteiger partial charge on any atom is -0.478 e. The standard InChI is InChI=1S/C26H18N4O5/c27-14-19(25(31)28-21-5-3-4-18(13-21)26(32)33)12-20-16-29(24-7-2-1-6-23(20)24)15-17-8-10-22(11-9-17)30(34)35/h1-13,16H,15H2,(H,28,31)(H,32,33)/b19-12-. The maximum Gasteiger partial charge on any atom is 0.335 e. The maximum atomic E-state index is 12.7. The molecule has 0 aliphatic carbocycles. The Labute approximate surface area is 199 Å². The average molecular weight is 466 g/mol. The van der Waals surface area contributed by atoms with Crippen molar-refractivity contribution in [2.75, 3.05) is 5.32 Å². The number of aromatic nitrogens is 1. The molecule has 1 aromatic heterocycles. The quantitative estimate of drug-likeness (QED) is 0.173. The highest BCUT2D eigenvalue weighted by atomic mass is 16.6. The Morgan fingerprint density at radius 1 is 1.09 bits per heavy atom. The van der Waals surface area contributed by atoms with Crippen LogP contribution in [0.1, 0.15) is 21.5 Å². The normalized spacial score (nSPS) is 11.1. The number of carboxylic acids is 1. The molecule has 4 aromatic rings. The van der Waals surface area contributed by atoms with Crippen LogP contribution in [-0.2, 0) is 11.3 Å². The van der Waals surface area contributed by atoms with Gasteiger partial charge in [0, 0.05) is 47.0 Å². The van der Waals surface area contributed by atoms with Gasteiger partial charge in [0.15, 0.2) is 0 Å². The summed E-state index contributed by atoms with van der Waals surface area (Å²) in [5, 5.41) is 33.1. The summed E-state index contributed by atoms with van der Waals surface area (Å²) in [4.78, 5) is 34.4. The number of non-ortho nitro benzene ring substituents is 1. The Balaban J connectivity index is 1.64. The molecule has 0 saturated carbocycles. The lowest BCUT2D eigenvalue weighted by Gasteiger charge is -2.05. The molecule has 35 heavy (non-hydrogen) atoms. The lowest BCUT2D eigenvalue weighted by Crippen LogP contribution is -2.13. The van der Waals surface area contributed by atoms with Crippen molar-refractivity contribution in [1.82, 2.24) is 4.57 Å². The fourth-order valence-electron chi connectivity index (χ4n) is 3.67. The van der Waals surface area contributed by atoms with Crippen LogP contribution in [0.2, 0.25) is 0 Å². The van der Waals surface area contributed by atoms with Gasteiger partial charge in [0.05, 0.1) is 10.5 Å². The van der Waals surface area contributed by atoms with Crippen molar-refractivity contribution in [2.24, 2.45) is 0 Å². The number of amides is 1.